The van der Waals surface area contributed by atoms with Crippen LogP contribution in [-0.2, 0) is 6.54 Å². The highest BCUT2D eigenvalue weighted by atomic mass is 16.5. The maximum Gasteiger partial charge on any atom is 0.226 e. The predicted molar refractivity (Wildman–Crippen MR) is 81.0 cm³/mol. The third kappa shape index (κ3) is 4.23. The van der Waals surface area contributed by atoms with Crippen LogP contribution in [-0.4, -0.2) is 16.1 Å². The summed E-state index contributed by atoms with van der Waals surface area (Å²) < 4.78 is 5.62. The van der Waals surface area contributed by atoms with Crippen molar-refractivity contribution in [1.82, 2.24) is 9.97 Å². The fourth-order valence-corrected chi connectivity index (χ4v) is 1.92. The number of hydrogen-bond donors (Lipinski definition) is 1. The largest absolute Gasteiger partial charge is 0.475 e. The zero-order valence-corrected chi connectivity index (χ0v) is 12.5. The minimum atomic E-state index is 0.105. The summed E-state index contributed by atoms with van der Waals surface area (Å²) in [5, 5.41) is 3.24. The standard InChI is InChI=1S/C16H21N3O/c1-11(2)20-15-9-13(4)18-16(19-15)17-10-14-7-5-6-12(3)8-14/h5-9,11H,10H2,1-4H3,(H,17,18,19). The van der Waals surface area contributed by atoms with Crippen molar-refractivity contribution in [2.45, 2.75) is 40.3 Å². The summed E-state index contributed by atoms with van der Waals surface area (Å²) in [4.78, 5) is 8.74. The highest BCUT2D eigenvalue weighted by molar-refractivity contribution is 5.33. The van der Waals surface area contributed by atoms with Crippen molar-refractivity contribution in [3.05, 3.63) is 47.2 Å². The molecule has 0 radical (unpaired) electrons. The molecule has 0 bridgehead atoms. The van der Waals surface area contributed by atoms with Crippen molar-refractivity contribution < 1.29 is 4.74 Å². The lowest BCUT2D eigenvalue weighted by atomic mass is 10.1. The summed E-state index contributed by atoms with van der Waals surface area (Å²) in [5.41, 5.74) is 3.35. The van der Waals surface area contributed by atoms with E-state index in [-0.39, 0.29) is 6.10 Å². The molecule has 106 valence electrons. The van der Waals surface area contributed by atoms with Gasteiger partial charge in [-0.15, -0.1) is 0 Å². The SMILES string of the molecule is Cc1cccc(CNc2nc(C)cc(OC(C)C)n2)c1. The maximum absolute atomic E-state index is 5.62. The smallest absolute Gasteiger partial charge is 0.226 e. The summed E-state index contributed by atoms with van der Waals surface area (Å²) in [6, 6.07) is 10.2. The molecule has 20 heavy (non-hydrogen) atoms. The highest BCUT2D eigenvalue weighted by Gasteiger charge is 2.05. The minimum Gasteiger partial charge on any atom is -0.475 e. The van der Waals surface area contributed by atoms with Gasteiger partial charge in [0.2, 0.25) is 11.8 Å². The van der Waals surface area contributed by atoms with Crippen LogP contribution in [0, 0.1) is 13.8 Å². The molecule has 0 unspecified atom stereocenters. The van der Waals surface area contributed by atoms with E-state index >= 15 is 0 Å². The van der Waals surface area contributed by atoms with Crippen molar-refractivity contribution in [1.29, 1.82) is 0 Å². The molecule has 0 saturated heterocycles. The van der Waals surface area contributed by atoms with E-state index in [0.717, 1.165) is 5.69 Å². The second-order valence-corrected chi connectivity index (χ2v) is 5.18. The average Bonchev–Trinajstić information content (AvgIpc) is 2.35. The van der Waals surface area contributed by atoms with E-state index in [1.807, 2.05) is 26.8 Å². The lowest BCUT2D eigenvalue weighted by Crippen LogP contribution is -2.10. The summed E-state index contributed by atoms with van der Waals surface area (Å²) in [6.07, 6.45) is 0.105. The number of aromatic nitrogens is 2. The molecule has 0 fully saturated rings. The van der Waals surface area contributed by atoms with Crippen LogP contribution >= 0.6 is 0 Å². The summed E-state index contributed by atoms with van der Waals surface area (Å²) in [6.45, 7) is 8.69. The van der Waals surface area contributed by atoms with Crippen LogP contribution in [0.3, 0.4) is 0 Å². The molecule has 2 rings (SSSR count). The number of rotatable bonds is 5. The third-order valence-electron chi connectivity index (χ3n) is 2.72. The van der Waals surface area contributed by atoms with E-state index in [1.165, 1.54) is 11.1 Å². The van der Waals surface area contributed by atoms with E-state index in [0.29, 0.717) is 18.4 Å². The van der Waals surface area contributed by atoms with Crippen molar-refractivity contribution in [2.75, 3.05) is 5.32 Å². The first-order valence-corrected chi connectivity index (χ1v) is 6.84. The van der Waals surface area contributed by atoms with Gasteiger partial charge < -0.3 is 10.1 Å². The van der Waals surface area contributed by atoms with Gasteiger partial charge in [-0.25, -0.2) is 4.98 Å². The molecule has 0 amide bonds. The van der Waals surface area contributed by atoms with Gasteiger partial charge in [-0.2, -0.15) is 4.98 Å². The first-order chi connectivity index (χ1) is 9.52. The second kappa shape index (κ2) is 6.37. The fourth-order valence-electron chi connectivity index (χ4n) is 1.92. The normalized spacial score (nSPS) is 10.7. The van der Waals surface area contributed by atoms with Crippen LogP contribution in [0.2, 0.25) is 0 Å². The van der Waals surface area contributed by atoms with Gasteiger partial charge in [0, 0.05) is 18.3 Å². The Morgan fingerprint density at radius 1 is 1.15 bits per heavy atom. The van der Waals surface area contributed by atoms with E-state index in [2.05, 4.69) is 46.5 Å². The molecule has 2 aromatic rings. The first kappa shape index (κ1) is 14.3. The molecule has 0 spiro atoms. The van der Waals surface area contributed by atoms with Gasteiger partial charge in [-0.3, -0.25) is 0 Å². The Labute approximate surface area is 120 Å². The molecule has 1 heterocycles. The molecule has 4 heteroatoms. The molecule has 1 aromatic carbocycles. The topological polar surface area (TPSA) is 47.0 Å². The predicted octanol–water partition coefficient (Wildman–Crippen LogP) is 3.49. The highest BCUT2D eigenvalue weighted by Crippen LogP contribution is 2.14. The first-order valence-electron chi connectivity index (χ1n) is 6.84. The Morgan fingerprint density at radius 2 is 1.95 bits per heavy atom. The van der Waals surface area contributed by atoms with Crippen molar-refractivity contribution in [3.63, 3.8) is 0 Å². The van der Waals surface area contributed by atoms with Crippen molar-refractivity contribution in [2.24, 2.45) is 0 Å². The van der Waals surface area contributed by atoms with Gasteiger partial charge in [0.25, 0.3) is 0 Å². The van der Waals surface area contributed by atoms with E-state index in [1.54, 1.807) is 0 Å². The second-order valence-electron chi connectivity index (χ2n) is 5.18. The Morgan fingerprint density at radius 3 is 2.65 bits per heavy atom. The fraction of sp³-hybridized carbons (Fsp3) is 0.375. The van der Waals surface area contributed by atoms with E-state index in [4.69, 9.17) is 4.74 Å². The number of nitrogens with zero attached hydrogens (tertiary/aromatic N) is 2. The molecule has 0 aliphatic rings. The van der Waals surface area contributed by atoms with Crippen molar-refractivity contribution in [3.8, 4) is 5.88 Å². The van der Waals surface area contributed by atoms with Gasteiger partial charge in [0.1, 0.15) is 0 Å². The minimum absolute atomic E-state index is 0.105. The zero-order chi connectivity index (χ0) is 14.5. The monoisotopic (exact) mass is 271 g/mol. The van der Waals surface area contributed by atoms with Crippen molar-refractivity contribution >= 4 is 5.95 Å². The molecule has 0 atom stereocenters. The number of hydrogen-bond acceptors (Lipinski definition) is 4. The van der Waals surface area contributed by atoms with Gasteiger partial charge in [0.15, 0.2) is 0 Å². The van der Waals surface area contributed by atoms with Crippen LogP contribution in [0.1, 0.15) is 30.7 Å². The van der Waals surface area contributed by atoms with Gasteiger partial charge in [-0.05, 0) is 33.3 Å². The van der Waals surface area contributed by atoms with Crippen LogP contribution in [0.5, 0.6) is 5.88 Å². The molecular weight excluding hydrogens is 250 g/mol. The lowest BCUT2D eigenvalue weighted by Gasteiger charge is -2.11. The summed E-state index contributed by atoms with van der Waals surface area (Å²) in [7, 11) is 0. The van der Waals surface area contributed by atoms with Gasteiger partial charge >= 0.3 is 0 Å². The number of ether oxygens (including phenoxy) is 1. The third-order valence-corrected chi connectivity index (χ3v) is 2.72. The number of anilines is 1. The molecule has 0 saturated carbocycles. The zero-order valence-electron chi connectivity index (χ0n) is 12.5. The average molecular weight is 271 g/mol. The molecular formula is C16H21N3O. The quantitative estimate of drug-likeness (QED) is 0.904. The van der Waals surface area contributed by atoms with E-state index in [9.17, 15) is 0 Å². The summed E-state index contributed by atoms with van der Waals surface area (Å²) in [5.74, 6) is 1.21. The Balaban J connectivity index is 2.07. The van der Waals surface area contributed by atoms with Crippen LogP contribution in [0.4, 0.5) is 5.95 Å². The van der Waals surface area contributed by atoms with Crippen LogP contribution in [0.25, 0.3) is 0 Å². The van der Waals surface area contributed by atoms with Crippen LogP contribution in [0.15, 0.2) is 30.3 Å². The molecule has 4 nitrogen and oxygen atoms in total. The Kier molecular flexibility index (Phi) is 4.56. The summed E-state index contributed by atoms with van der Waals surface area (Å²) >= 11 is 0. The number of nitrogens with one attached hydrogen (secondary N) is 1. The number of benzene rings is 1. The Hall–Kier alpha value is -2.10. The Bertz CT molecular complexity index is 582. The molecule has 1 aromatic heterocycles. The van der Waals surface area contributed by atoms with Gasteiger partial charge in [0.05, 0.1) is 6.10 Å². The van der Waals surface area contributed by atoms with Gasteiger partial charge in [-0.1, -0.05) is 29.8 Å². The molecule has 0 aliphatic heterocycles. The lowest BCUT2D eigenvalue weighted by molar-refractivity contribution is 0.232. The molecule has 0 aliphatic carbocycles. The van der Waals surface area contributed by atoms with Crippen LogP contribution < -0.4 is 10.1 Å². The molecule has 1 N–H and O–H groups in total. The maximum atomic E-state index is 5.62. The van der Waals surface area contributed by atoms with E-state index < -0.39 is 0 Å². The number of aryl methyl sites for hydroxylation is 2.